The third-order valence-corrected chi connectivity index (χ3v) is 23.0. The van der Waals surface area contributed by atoms with Crippen LogP contribution in [0.3, 0.4) is 0 Å². The summed E-state index contributed by atoms with van der Waals surface area (Å²) in [6.07, 6.45) is 23.2. The van der Waals surface area contributed by atoms with E-state index in [2.05, 4.69) is 34.6 Å². The molecule has 15 fully saturated rings. The summed E-state index contributed by atoms with van der Waals surface area (Å²) in [4.78, 5) is 60.3. The molecule has 0 amide bonds. The first-order chi connectivity index (χ1) is 35.1. The minimum absolute atomic E-state index is 0. The Labute approximate surface area is 510 Å². The lowest BCUT2D eigenvalue weighted by Crippen LogP contribution is -2.60. The Hall–Kier alpha value is -2.73. The third kappa shape index (κ3) is 15.2. The van der Waals surface area contributed by atoms with Crippen LogP contribution in [0.1, 0.15) is 291 Å². The zero-order valence-electron chi connectivity index (χ0n) is 48.7. The first-order valence-corrected chi connectivity index (χ1v) is 30.6. The minimum Gasteiger partial charge on any atom is -0.459 e. The zero-order valence-corrected chi connectivity index (χ0v) is 48.7. The summed E-state index contributed by atoms with van der Waals surface area (Å²) < 4.78 is 34.4. The van der Waals surface area contributed by atoms with Crippen LogP contribution in [0.15, 0.2) is 0 Å². The topological polar surface area (TPSA) is 161 Å². The fourth-order valence-corrected chi connectivity index (χ4v) is 17.8. The second kappa shape index (κ2) is 28.6. The van der Waals surface area contributed by atoms with Crippen LogP contribution in [0.25, 0.3) is 0 Å². The maximum atomic E-state index is 12.6. The number of esters is 5. The van der Waals surface area contributed by atoms with Gasteiger partial charge in [-0.25, -0.2) is 0 Å². The van der Waals surface area contributed by atoms with Crippen molar-refractivity contribution < 1.29 is 57.5 Å². The first kappa shape index (κ1) is 78.3. The SMILES string of the molecule is C.C.C.C.C.C.C.C.CCC(C)(C)C(=O)OC(C)(C)C12CC3CC(CC(C3)C1)C2.CCC(C)(C)C(=O)OC1(C)C2CC3CC(C2)CC1C3.CCC(C)C(=O)OC12CC3CC(CC(O)(C3)C1)C2.CCC(C)C(=O)OC1C2CC3C(=O)OC1C3O2. The third-order valence-electron chi connectivity index (χ3n) is 23.0. The van der Waals surface area contributed by atoms with Crippen LogP contribution in [0.2, 0.25) is 0 Å². The van der Waals surface area contributed by atoms with Crippen molar-refractivity contribution in [1.82, 2.24) is 0 Å². The molecule has 12 saturated carbocycles. The molecule has 488 valence electrons. The van der Waals surface area contributed by atoms with E-state index < -0.39 is 11.7 Å². The highest BCUT2D eigenvalue weighted by Gasteiger charge is 2.66. The Morgan fingerprint density at radius 1 is 0.566 bits per heavy atom. The molecule has 3 saturated heterocycles. The van der Waals surface area contributed by atoms with Gasteiger partial charge >= 0.3 is 29.8 Å². The van der Waals surface area contributed by atoms with Gasteiger partial charge in [-0.1, -0.05) is 101 Å². The molecule has 12 heteroatoms. The number of rotatable bonds is 13. The quantitative estimate of drug-likeness (QED) is 0.137. The molecule has 0 spiro atoms. The Balaban J connectivity index is 0.000000537. The monoisotopic (exact) mass is 1180 g/mol. The van der Waals surface area contributed by atoms with Crippen molar-refractivity contribution in [2.24, 2.45) is 87.3 Å². The minimum atomic E-state index is -0.542. The Morgan fingerprint density at radius 3 is 1.45 bits per heavy atom. The number of ether oxygens (including phenoxy) is 6. The summed E-state index contributed by atoms with van der Waals surface area (Å²) in [7, 11) is 0. The summed E-state index contributed by atoms with van der Waals surface area (Å²) in [6, 6.07) is 0. The highest BCUT2D eigenvalue weighted by Crippen LogP contribution is 2.65. The highest BCUT2D eigenvalue weighted by molar-refractivity contribution is 5.78. The molecule has 3 aliphatic heterocycles. The molecule has 83 heavy (non-hydrogen) atoms. The first-order valence-electron chi connectivity index (χ1n) is 30.6. The lowest BCUT2D eigenvalue weighted by molar-refractivity contribution is -0.222. The molecule has 14 bridgehead atoms. The number of carbonyl (C=O) groups is 5. The van der Waals surface area contributed by atoms with Gasteiger partial charge < -0.3 is 33.5 Å². The van der Waals surface area contributed by atoms with Crippen LogP contribution in [0, 0.1) is 87.3 Å². The second-order valence-corrected chi connectivity index (χ2v) is 29.6. The number of hydrogen-bond donors (Lipinski definition) is 1. The molecule has 9 unspecified atom stereocenters. The number of aliphatic hydroxyl groups is 1. The van der Waals surface area contributed by atoms with Crippen molar-refractivity contribution in [1.29, 1.82) is 0 Å². The lowest BCUT2D eigenvalue weighted by atomic mass is 9.46. The van der Waals surface area contributed by atoms with E-state index in [1.165, 1.54) is 77.0 Å². The van der Waals surface area contributed by atoms with Gasteiger partial charge in [-0.3, -0.25) is 24.0 Å². The maximum absolute atomic E-state index is 12.6. The molecule has 12 aliphatic carbocycles. The van der Waals surface area contributed by atoms with Gasteiger partial charge in [0.05, 0.1) is 40.3 Å². The van der Waals surface area contributed by atoms with Crippen LogP contribution >= 0.6 is 0 Å². The second-order valence-electron chi connectivity index (χ2n) is 29.6. The van der Waals surface area contributed by atoms with Crippen LogP contribution < -0.4 is 0 Å². The average molecular weight is 1180 g/mol. The Morgan fingerprint density at radius 2 is 1.00 bits per heavy atom. The molecule has 3 heterocycles. The van der Waals surface area contributed by atoms with Crippen LogP contribution in [-0.4, -0.2) is 81.8 Å². The molecule has 1 N–H and O–H groups in total. The summed E-state index contributed by atoms with van der Waals surface area (Å²) in [5.41, 5.74) is -1.80. The molecule has 12 nitrogen and oxygen atoms in total. The van der Waals surface area contributed by atoms with E-state index in [0.717, 1.165) is 81.0 Å². The van der Waals surface area contributed by atoms with Gasteiger partial charge in [0.2, 0.25) is 0 Å². The highest BCUT2D eigenvalue weighted by atomic mass is 16.7. The smallest absolute Gasteiger partial charge is 0.312 e. The Kier molecular flexibility index (Phi) is 27.0. The predicted molar refractivity (Wildman–Crippen MR) is 338 cm³/mol. The molecule has 0 aromatic carbocycles. The molecule has 0 radical (unpaired) electrons. The summed E-state index contributed by atoms with van der Waals surface area (Å²) >= 11 is 0. The van der Waals surface area contributed by atoms with Gasteiger partial charge in [-0.05, 0) is 237 Å². The van der Waals surface area contributed by atoms with E-state index in [-0.39, 0.29) is 158 Å². The van der Waals surface area contributed by atoms with Gasteiger partial charge in [0.15, 0.2) is 12.2 Å². The lowest BCUT2D eigenvalue weighted by Gasteiger charge is -2.61. The van der Waals surface area contributed by atoms with Gasteiger partial charge in [0, 0.05) is 11.8 Å². The number of carbonyl (C=O) groups excluding carboxylic acids is 5. The standard InChI is InChI=1S/C19H32O2.C17H28O2.C15H24O3.C12H16O5.8CH4/c1-6-17(2,3)16(20)21-18(4,5)19-10-13-7-14(11-19)9-15(8-13)12-19;1-5-16(2,3)15(18)19-17(4)13-7-11-6-12(9-13)10-14(17)8-11;1-3-10(2)13(16)18-15-7-11-4-12(8-15)6-14(17,5-11)9-15;1-3-5(2)11(13)16-9-7-4-6-8(15-7)10(9)17-12(6)14;;;;;;;;/h13-15H,6-12H2,1-5H3;11-14H,5-10H2,1-4H3;10-12,17H,3-9H2,1-2H3;5-10H,3-4H2,1-2H3;8*1H4. The molecule has 15 rings (SSSR count). The van der Waals surface area contributed by atoms with E-state index in [0.29, 0.717) is 36.5 Å². The van der Waals surface area contributed by atoms with Gasteiger partial charge in [-0.15, -0.1) is 0 Å². The van der Waals surface area contributed by atoms with Crippen molar-refractivity contribution in [3.63, 3.8) is 0 Å². The molecular formula is C71H132O12. The molecule has 0 aromatic rings. The number of fused-ring (bicyclic) bond motifs is 1. The van der Waals surface area contributed by atoms with Crippen LogP contribution in [0.5, 0.6) is 0 Å². The molecule has 9 atom stereocenters. The van der Waals surface area contributed by atoms with Crippen molar-refractivity contribution in [3.8, 4) is 0 Å². The van der Waals surface area contributed by atoms with Crippen molar-refractivity contribution >= 4 is 29.8 Å². The summed E-state index contributed by atoms with van der Waals surface area (Å²) in [5, 5.41) is 10.6. The summed E-state index contributed by atoms with van der Waals surface area (Å²) in [5.74, 6) is 6.16. The van der Waals surface area contributed by atoms with Crippen molar-refractivity contribution in [3.05, 3.63) is 0 Å². The Bertz CT molecular complexity index is 2060. The zero-order chi connectivity index (χ0) is 54.4. The average Bonchev–Trinajstić information content (AvgIpc) is 3.97. The van der Waals surface area contributed by atoms with Crippen LogP contribution in [-0.2, 0) is 52.4 Å². The predicted octanol–water partition coefficient (Wildman–Crippen LogP) is 17.5. The van der Waals surface area contributed by atoms with E-state index in [9.17, 15) is 29.1 Å². The van der Waals surface area contributed by atoms with Crippen molar-refractivity contribution in [2.45, 2.75) is 337 Å². The van der Waals surface area contributed by atoms with E-state index in [4.69, 9.17) is 28.4 Å². The van der Waals surface area contributed by atoms with E-state index in [1.54, 1.807) is 0 Å². The normalized spacial score (nSPS) is 39.1. The number of hydrogen-bond acceptors (Lipinski definition) is 12. The van der Waals surface area contributed by atoms with Gasteiger partial charge in [-0.2, -0.15) is 0 Å². The fraction of sp³-hybridized carbons (Fsp3) is 0.930. The maximum Gasteiger partial charge on any atom is 0.312 e. The largest absolute Gasteiger partial charge is 0.459 e. The van der Waals surface area contributed by atoms with Gasteiger partial charge in [0.1, 0.15) is 22.9 Å². The molecule has 0 aromatic heterocycles. The van der Waals surface area contributed by atoms with E-state index >= 15 is 0 Å². The van der Waals surface area contributed by atoms with Crippen LogP contribution in [0.4, 0.5) is 0 Å². The van der Waals surface area contributed by atoms with Gasteiger partial charge in [0.25, 0.3) is 0 Å². The fourth-order valence-electron chi connectivity index (χ4n) is 17.8. The summed E-state index contributed by atoms with van der Waals surface area (Å²) in [6.45, 7) is 26.5. The molecular weight excluding hydrogens is 1040 g/mol. The van der Waals surface area contributed by atoms with Crippen molar-refractivity contribution in [2.75, 3.05) is 0 Å². The molecule has 15 aliphatic rings. The van der Waals surface area contributed by atoms with E-state index in [1.807, 2.05) is 55.4 Å².